The zero-order valence-corrected chi connectivity index (χ0v) is 17.4. The van der Waals surface area contributed by atoms with Crippen molar-refractivity contribution >= 4 is 11.6 Å². The highest BCUT2D eigenvalue weighted by Crippen LogP contribution is 2.20. The van der Waals surface area contributed by atoms with Crippen LogP contribution in [0.4, 0.5) is 5.69 Å². The van der Waals surface area contributed by atoms with Crippen LogP contribution in [0.15, 0.2) is 53.2 Å². The number of hydrogen-bond acceptors (Lipinski definition) is 5. The van der Waals surface area contributed by atoms with Crippen LogP contribution in [0.2, 0.25) is 0 Å². The minimum Gasteiger partial charge on any atom is -0.339 e. The number of carbonyl (C=O) groups is 1. The summed E-state index contributed by atoms with van der Waals surface area (Å²) in [6.45, 7) is 7.81. The Bertz CT molecular complexity index is 1180. The van der Waals surface area contributed by atoms with Crippen LogP contribution in [0.25, 0.3) is 17.1 Å². The fourth-order valence-electron chi connectivity index (χ4n) is 3.34. The van der Waals surface area contributed by atoms with Crippen LogP contribution in [-0.2, 0) is 6.42 Å². The van der Waals surface area contributed by atoms with Crippen LogP contribution >= 0.6 is 0 Å². The van der Waals surface area contributed by atoms with Crippen molar-refractivity contribution in [2.45, 2.75) is 34.1 Å². The van der Waals surface area contributed by atoms with E-state index in [0.717, 1.165) is 28.1 Å². The lowest BCUT2D eigenvalue weighted by molar-refractivity contribution is 0.102. The van der Waals surface area contributed by atoms with Gasteiger partial charge in [0, 0.05) is 23.9 Å². The van der Waals surface area contributed by atoms with Gasteiger partial charge < -0.3 is 9.84 Å². The fourth-order valence-corrected chi connectivity index (χ4v) is 3.34. The number of nitrogens with zero attached hydrogens (tertiary/aromatic N) is 4. The normalized spacial score (nSPS) is 10.9. The molecule has 0 saturated heterocycles. The highest BCUT2D eigenvalue weighted by molar-refractivity contribution is 6.05. The molecule has 2 aromatic carbocycles. The summed E-state index contributed by atoms with van der Waals surface area (Å²) in [6, 6.07) is 13.6. The molecule has 0 aliphatic rings. The summed E-state index contributed by atoms with van der Waals surface area (Å²) in [6.07, 6.45) is 2.44. The number of aryl methyl sites for hydroxylation is 4. The largest absolute Gasteiger partial charge is 0.339 e. The summed E-state index contributed by atoms with van der Waals surface area (Å²) in [5.74, 6) is 0.985. The summed E-state index contributed by atoms with van der Waals surface area (Å²) in [4.78, 5) is 17.1. The van der Waals surface area contributed by atoms with E-state index in [4.69, 9.17) is 4.52 Å². The topological polar surface area (TPSA) is 85.8 Å². The van der Waals surface area contributed by atoms with Gasteiger partial charge >= 0.3 is 0 Å². The van der Waals surface area contributed by atoms with Crippen molar-refractivity contribution in [2.75, 3.05) is 5.32 Å². The van der Waals surface area contributed by atoms with E-state index in [0.29, 0.717) is 29.4 Å². The SMILES string of the molecule is CCc1nc(-c2ccc(-n3cc(C(=O)Nc4cc(C)cc(C)c4)c(C)n3)cc2)no1. The Balaban J connectivity index is 1.55. The molecule has 0 fully saturated rings. The summed E-state index contributed by atoms with van der Waals surface area (Å²) < 4.78 is 6.87. The van der Waals surface area contributed by atoms with E-state index in [1.165, 1.54) is 0 Å². The average molecular weight is 401 g/mol. The van der Waals surface area contributed by atoms with Crippen molar-refractivity contribution < 1.29 is 9.32 Å². The van der Waals surface area contributed by atoms with Crippen molar-refractivity contribution in [3.05, 3.63) is 76.9 Å². The Hall–Kier alpha value is -3.74. The van der Waals surface area contributed by atoms with Gasteiger partial charge in [0.25, 0.3) is 5.91 Å². The number of aromatic nitrogens is 4. The van der Waals surface area contributed by atoms with Gasteiger partial charge in [-0.3, -0.25) is 4.79 Å². The predicted molar refractivity (Wildman–Crippen MR) is 115 cm³/mol. The Labute approximate surface area is 174 Å². The second kappa shape index (κ2) is 7.94. The van der Waals surface area contributed by atoms with Gasteiger partial charge in [-0.1, -0.05) is 18.1 Å². The predicted octanol–water partition coefficient (Wildman–Crippen LogP) is 4.66. The quantitative estimate of drug-likeness (QED) is 0.525. The molecular weight excluding hydrogens is 378 g/mol. The molecule has 0 spiro atoms. The molecule has 1 amide bonds. The molecule has 2 aromatic heterocycles. The lowest BCUT2D eigenvalue weighted by Crippen LogP contribution is -2.12. The summed E-state index contributed by atoms with van der Waals surface area (Å²) in [5, 5.41) is 11.5. The van der Waals surface area contributed by atoms with E-state index in [1.807, 2.05) is 64.1 Å². The van der Waals surface area contributed by atoms with Gasteiger partial charge in [0.2, 0.25) is 11.7 Å². The van der Waals surface area contributed by atoms with Crippen LogP contribution < -0.4 is 5.32 Å². The monoisotopic (exact) mass is 401 g/mol. The maximum absolute atomic E-state index is 12.8. The minimum absolute atomic E-state index is 0.181. The molecule has 0 aliphatic heterocycles. The number of nitrogens with one attached hydrogen (secondary N) is 1. The molecule has 4 rings (SSSR count). The molecule has 0 saturated carbocycles. The van der Waals surface area contributed by atoms with Crippen molar-refractivity contribution in [1.29, 1.82) is 0 Å². The molecule has 4 aromatic rings. The molecule has 0 unspecified atom stereocenters. The highest BCUT2D eigenvalue weighted by atomic mass is 16.5. The molecule has 2 heterocycles. The van der Waals surface area contributed by atoms with Gasteiger partial charge in [-0.15, -0.1) is 0 Å². The molecule has 7 nitrogen and oxygen atoms in total. The molecular formula is C23H23N5O2. The summed E-state index contributed by atoms with van der Waals surface area (Å²) in [5.41, 5.74) is 5.87. The number of hydrogen-bond donors (Lipinski definition) is 1. The van der Waals surface area contributed by atoms with Gasteiger partial charge in [-0.25, -0.2) is 4.68 Å². The lowest BCUT2D eigenvalue weighted by atomic mass is 10.1. The van der Waals surface area contributed by atoms with Gasteiger partial charge in [-0.2, -0.15) is 10.1 Å². The zero-order valence-electron chi connectivity index (χ0n) is 17.4. The van der Waals surface area contributed by atoms with E-state index < -0.39 is 0 Å². The molecule has 0 bridgehead atoms. The molecule has 30 heavy (non-hydrogen) atoms. The first kappa shape index (κ1) is 19.6. The average Bonchev–Trinajstić information content (AvgIpc) is 3.34. The summed E-state index contributed by atoms with van der Waals surface area (Å²) in [7, 11) is 0. The van der Waals surface area contributed by atoms with E-state index >= 15 is 0 Å². The maximum Gasteiger partial charge on any atom is 0.259 e. The van der Waals surface area contributed by atoms with Crippen LogP contribution in [0.5, 0.6) is 0 Å². The third-order valence-electron chi connectivity index (χ3n) is 4.78. The van der Waals surface area contributed by atoms with E-state index in [9.17, 15) is 4.79 Å². The first-order valence-electron chi connectivity index (χ1n) is 9.82. The van der Waals surface area contributed by atoms with Crippen LogP contribution in [0.1, 0.15) is 40.0 Å². The summed E-state index contributed by atoms with van der Waals surface area (Å²) >= 11 is 0. The number of rotatable bonds is 5. The Morgan fingerprint density at radius 3 is 2.40 bits per heavy atom. The standard InChI is InChI=1S/C23H23N5O2/c1-5-21-25-22(27-30-21)17-6-8-19(9-7-17)28-13-20(16(4)26-28)23(29)24-18-11-14(2)10-15(3)12-18/h6-13H,5H2,1-4H3,(H,24,29). The van der Waals surface area contributed by atoms with Crippen LogP contribution in [0.3, 0.4) is 0 Å². The van der Waals surface area contributed by atoms with Crippen molar-refractivity contribution in [1.82, 2.24) is 19.9 Å². The molecule has 0 aliphatic carbocycles. The first-order chi connectivity index (χ1) is 14.4. The van der Waals surface area contributed by atoms with Crippen molar-refractivity contribution in [2.24, 2.45) is 0 Å². The Kier molecular flexibility index (Phi) is 5.18. The van der Waals surface area contributed by atoms with Crippen molar-refractivity contribution in [3.63, 3.8) is 0 Å². The number of anilines is 1. The third-order valence-corrected chi connectivity index (χ3v) is 4.78. The highest BCUT2D eigenvalue weighted by Gasteiger charge is 2.15. The molecule has 152 valence electrons. The zero-order chi connectivity index (χ0) is 21.3. The lowest BCUT2D eigenvalue weighted by Gasteiger charge is -2.07. The molecule has 1 N–H and O–H groups in total. The van der Waals surface area contributed by atoms with Gasteiger partial charge in [0.15, 0.2) is 0 Å². The van der Waals surface area contributed by atoms with Gasteiger partial charge in [0.05, 0.1) is 16.9 Å². The van der Waals surface area contributed by atoms with E-state index in [1.54, 1.807) is 10.9 Å². The van der Waals surface area contributed by atoms with Gasteiger partial charge in [0.1, 0.15) is 0 Å². The number of amides is 1. The van der Waals surface area contributed by atoms with Crippen LogP contribution in [0, 0.1) is 20.8 Å². The molecule has 0 radical (unpaired) electrons. The molecule has 7 heteroatoms. The maximum atomic E-state index is 12.8. The van der Waals surface area contributed by atoms with E-state index in [-0.39, 0.29) is 5.91 Å². The third kappa shape index (κ3) is 4.00. The second-order valence-corrected chi connectivity index (χ2v) is 7.32. The number of carbonyl (C=O) groups excluding carboxylic acids is 1. The Morgan fingerprint density at radius 1 is 1.07 bits per heavy atom. The second-order valence-electron chi connectivity index (χ2n) is 7.32. The Morgan fingerprint density at radius 2 is 1.77 bits per heavy atom. The first-order valence-corrected chi connectivity index (χ1v) is 9.82. The smallest absolute Gasteiger partial charge is 0.259 e. The number of benzene rings is 2. The molecule has 0 atom stereocenters. The minimum atomic E-state index is -0.181. The fraction of sp³-hybridized carbons (Fsp3) is 0.217. The van der Waals surface area contributed by atoms with E-state index in [2.05, 4.69) is 26.6 Å². The van der Waals surface area contributed by atoms with Gasteiger partial charge in [-0.05, 0) is 68.3 Å². The van der Waals surface area contributed by atoms with Crippen molar-refractivity contribution in [3.8, 4) is 17.1 Å². The van der Waals surface area contributed by atoms with Crippen LogP contribution in [-0.4, -0.2) is 25.8 Å².